The van der Waals surface area contributed by atoms with E-state index in [-0.39, 0.29) is 11.1 Å². The van der Waals surface area contributed by atoms with Crippen molar-refractivity contribution in [1.82, 2.24) is 9.88 Å². The van der Waals surface area contributed by atoms with Gasteiger partial charge in [-0.3, -0.25) is 4.79 Å². The first kappa shape index (κ1) is 13.2. The zero-order valence-corrected chi connectivity index (χ0v) is 11.2. The number of amides is 1. The average Bonchev–Trinajstić information content (AvgIpc) is 2.75. The zero-order chi connectivity index (χ0) is 13.3. The highest BCUT2D eigenvalue weighted by Gasteiger charge is 2.35. The second kappa shape index (κ2) is 5.16. The van der Waals surface area contributed by atoms with Crippen molar-refractivity contribution in [3.63, 3.8) is 0 Å². The number of thioether (sulfide) groups is 1. The van der Waals surface area contributed by atoms with Crippen molar-refractivity contribution in [3.05, 3.63) is 28.5 Å². The van der Waals surface area contributed by atoms with Crippen molar-refractivity contribution in [2.24, 2.45) is 0 Å². The molecule has 18 heavy (non-hydrogen) atoms. The van der Waals surface area contributed by atoms with Crippen LogP contribution in [0.25, 0.3) is 0 Å². The number of rotatable bonds is 2. The monoisotopic (exact) mass is 286 g/mol. The molecule has 7 heteroatoms. The first-order chi connectivity index (χ1) is 8.49. The summed E-state index contributed by atoms with van der Waals surface area (Å²) >= 11 is 7.22. The molecule has 2 heterocycles. The van der Waals surface area contributed by atoms with Crippen molar-refractivity contribution < 1.29 is 14.7 Å². The van der Waals surface area contributed by atoms with E-state index in [1.54, 1.807) is 13.0 Å². The van der Waals surface area contributed by atoms with Crippen LogP contribution < -0.4 is 0 Å². The number of aliphatic carboxylic acids is 1. The summed E-state index contributed by atoms with van der Waals surface area (Å²) in [4.78, 5) is 28.6. The lowest BCUT2D eigenvalue weighted by atomic mass is 10.2. The van der Waals surface area contributed by atoms with Gasteiger partial charge in [0.1, 0.15) is 11.2 Å². The molecule has 1 aliphatic heterocycles. The van der Waals surface area contributed by atoms with Gasteiger partial charge >= 0.3 is 5.97 Å². The molecule has 0 radical (unpaired) electrons. The van der Waals surface area contributed by atoms with E-state index in [1.165, 1.54) is 22.7 Å². The minimum Gasteiger partial charge on any atom is -0.480 e. The van der Waals surface area contributed by atoms with Gasteiger partial charge in [0.05, 0.1) is 5.88 Å². The predicted octanol–water partition coefficient (Wildman–Crippen LogP) is 1.64. The number of carboxylic acids is 1. The van der Waals surface area contributed by atoms with Crippen LogP contribution in [0.2, 0.25) is 5.15 Å². The number of hydrogen-bond acceptors (Lipinski definition) is 4. The molecule has 0 aromatic carbocycles. The second-order valence-corrected chi connectivity index (χ2v) is 5.34. The SMILES string of the molecule is Cc1cc(C(=O)N2CSC[C@H]2C(=O)O)cc(Cl)n1. The number of hydrogen-bond donors (Lipinski definition) is 1. The average molecular weight is 287 g/mol. The zero-order valence-electron chi connectivity index (χ0n) is 9.59. The lowest BCUT2D eigenvalue weighted by Gasteiger charge is -2.20. The lowest BCUT2D eigenvalue weighted by molar-refractivity contribution is -0.140. The fourth-order valence-corrected chi connectivity index (χ4v) is 3.16. The Bertz CT molecular complexity index is 489. The summed E-state index contributed by atoms with van der Waals surface area (Å²) in [6.45, 7) is 1.73. The van der Waals surface area contributed by atoms with Gasteiger partial charge in [-0.15, -0.1) is 11.8 Å². The molecule has 1 aliphatic rings. The second-order valence-electron chi connectivity index (χ2n) is 3.95. The molecule has 0 saturated carbocycles. The van der Waals surface area contributed by atoms with Crippen LogP contribution in [0, 0.1) is 6.92 Å². The smallest absolute Gasteiger partial charge is 0.327 e. The summed E-state index contributed by atoms with van der Waals surface area (Å²) in [7, 11) is 0. The third-order valence-electron chi connectivity index (χ3n) is 2.60. The van der Waals surface area contributed by atoms with Crippen molar-refractivity contribution in [1.29, 1.82) is 0 Å². The van der Waals surface area contributed by atoms with Crippen molar-refractivity contribution >= 4 is 35.2 Å². The van der Waals surface area contributed by atoms with Crippen LogP contribution >= 0.6 is 23.4 Å². The molecular weight excluding hydrogens is 276 g/mol. The first-order valence-electron chi connectivity index (χ1n) is 5.25. The van der Waals surface area contributed by atoms with Crippen LogP contribution in [-0.2, 0) is 4.79 Å². The fourth-order valence-electron chi connectivity index (χ4n) is 1.76. The largest absolute Gasteiger partial charge is 0.480 e. The van der Waals surface area contributed by atoms with Gasteiger partial charge in [0.25, 0.3) is 5.91 Å². The Hall–Kier alpha value is -1.27. The van der Waals surface area contributed by atoms with Gasteiger partial charge < -0.3 is 10.0 Å². The quantitative estimate of drug-likeness (QED) is 0.837. The number of pyridine rings is 1. The van der Waals surface area contributed by atoms with Gasteiger partial charge in [0, 0.05) is 17.0 Å². The highest BCUT2D eigenvalue weighted by molar-refractivity contribution is 7.99. The van der Waals surface area contributed by atoms with E-state index in [9.17, 15) is 9.59 Å². The summed E-state index contributed by atoms with van der Waals surface area (Å²) in [5.74, 6) is -0.502. The van der Waals surface area contributed by atoms with Gasteiger partial charge in [-0.2, -0.15) is 0 Å². The molecule has 0 bridgehead atoms. The standard InChI is InChI=1S/C11H11ClN2O3S/c1-6-2-7(3-9(12)13-6)10(15)14-5-18-4-8(14)11(16)17/h2-3,8H,4-5H2,1H3,(H,16,17)/t8-/m0/s1. The molecule has 1 atom stereocenters. The number of nitrogens with zero attached hydrogens (tertiary/aromatic N) is 2. The topological polar surface area (TPSA) is 70.5 Å². The highest BCUT2D eigenvalue weighted by Crippen LogP contribution is 2.24. The normalized spacial score (nSPS) is 19.0. The Morgan fingerprint density at radius 2 is 2.28 bits per heavy atom. The van der Waals surface area contributed by atoms with Gasteiger partial charge in [-0.05, 0) is 19.1 Å². The number of carbonyl (C=O) groups is 2. The molecule has 1 amide bonds. The molecule has 2 rings (SSSR count). The predicted molar refractivity (Wildman–Crippen MR) is 68.9 cm³/mol. The van der Waals surface area contributed by atoms with Crippen LogP contribution in [-0.4, -0.2) is 44.5 Å². The summed E-state index contributed by atoms with van der Waals surface area (Å²) in [6.07, 6.45) is 0. The first-order valence-corrected chi connectivity index (χ1v) is 6.78. The van der Waals surface area contributed by atoms with Crippen LogP contribution in [0.5, 0.6) is 0 Å². The molecule has 0 spiro atoms. The fraction of sp³-hybridized carbons (Fsp3) is 0.364. The molecule has 96 valence electrons. The minimum absolute atomic E-state index is 0.233. The van der Waals surface area contributed by atoms with E-state index in [1.807, 2.05) is 0 Å². The van der Waals surface area contributed by atoms with Crippen molar-refractivity contribution in [3.8, 4) is 0 Å². The molecule has 1 N–H and O–H groups in total. The van der Waals surface area contributed by atoms with Crippen LogP contribution in [0.3, 0.4) is 0 Å². The molecule has 0 aliphatic carbocycles. The third kappa shape index (κ3) is 2.59. The van der Waals surface area contributed by atoms with Crippen LogP contribution in [0.4, 0.5) is 0 Å². The van der Waals surface area contributed by atoms with Gasteiger partial charge in [0.2, 0.25) is 0 Å². The lowest BCUT2D eigenvalue weighted by Crippen LogP contribution is -2.41. The minimum atomic E-state index is -0.981. The summed E-state index contributed by atoms with van der Waals surface area (Å²) in [6, 6.07) is 2.30. The van der Waals surface area contributed by atoms with E-state index in [4.69, 9.17) is 16.7 Å². The van der Waals surface area contributed by atoms with Crippen molar-refractivity contribution in [2.45, 2.75) is 13.0 Å². The molecular formula is C11H11ClN2O3S. The summed E-state index contributed by atoms with van der Waals surface area (Å²) in [5, 5.41) is 9.28. The maximum absolute atomic E-state index is 12.2. The van der Waals surface area contributed by atoms with Gasteiger partial charge in [0.15, 0.2) is 0 Å². The van der Waals surface area contributed by atoms with Gasteiger partial charge in [-0.1, -0.05) is 11.6 Å². The van der Waals surface area contributed by atoms with E-state index < -0.39 is 12.0 Å². The summed E-state index contributed by atoms with van der Waals surface area (Å²) < 4.78 is 0. The maximum atomic E-state index is 12.2. The molecule has 1 fully saturated rings. The molecule has 5 nitrogen and oxygen atoms in total. The van der Waals surface area contributed by atoms with Crippen LogP contribution in [0.15, 0.2) is 12.1 Å². The van der Waals surface area contributed by atoms with Crippen molar-refractivity contribution in [2.75, 3.05) is 11.6 Å². The Morgan fingerprint density at radius 3 is 2.89 bits per heavy atom. The van der Waals surface area contributed by atoms with E-state index in [0.717, 1.165) is 0 Å². The highest BCUT2D eigenvalue weighted by atomic mass is 35.5. The Balaban J connectivity index is 2.28. The number of aryl methyl sites for hydroxylation is 1. The molecule has 1 aromatic heterocycles. The molecule has 0 unspecified atom stereocenters. The Morgan fingerprint density at radius 1 is 1.56 bits per heavy atom. The van der Waals surface area contributed by atoms with E-state index >= 15 is 0 Å². The summed E-state index contributed by atoms with van der Waals surface area (Å²) in [5.41, 5.74) is 1.01. The van der Waals surface area contributed by atoms with Gasteiger partial charge in [-0.25, -0.2) is 9.78 Å². The van der Waals surface area contributed by atoms with Crippen LogP contribution in [0.1, 0.15) is 16.1 Å². The molecule has 1 aromatic rings. The van der Waals surface area contributed by atoms with E-state index in [2.05, 4.69) is 4.98 Å². The third-order valence-corrected chi connectivity index (χ3v) is 3.80. The Labute approximate surface area is 113 Å². The number of carbonyl (C=O) groups excluding carboxylic acids is 1. The number of halogens is 1. The van der Waals surface area contributed by atoms with E-state index in [0.29, 0.717) is 22.9 Å². The number of carboxylic acid groups (broad SMARTS) is 1. The Kier molecular flexibility index (Phi) is 3.77. The maximum Gasteiger partial charge on any atom is 0.327 e. The number of aromatic nitrogens is 1. The molecule has 1 saturated heterocycles.